The Balaban J connectivity index is 2.26. The highest BCUT2D eigenvalue weighted by molar-refractivity contribution is 5.73. The van der Waals surface area contributed by atoms with Crippen LogP contribution in [0.25, 0.3) is 0 Å². The molecular weight excluding hydrogens is 382 g/mol. The van der Waals surface area contributed by atoms with Crippen molar-refractivity contribution in [3.8, 4) is 0 Å². The highest BCUT2D eigenvalue weighted by Gasteiger charge is 2.51. The molecule has 10 atom stereocenters. The summed E-state index contributed by atoms with van der Waals surface area (Å²) in [6.45, 7) is 2.25. The number of aliphatic hydroxyl groups is 4. The molecule has 0 saturated carbocycles. The van der Waals surface area contributed by atoms with E-state index in [9.17, 15) is 35.1 Å². The second kappa shape index (κ2) is 9.41. The van der Waals surface area contributed by atoms with Crippen LogP contribution < -0.4 is 10.4 Å². The zero-order valence-electron chi connectivity index (χ0n) is 15.6. The van der Waals surface area contributed by atoms with Gasteiger partial charge in [-0.1, -0.05) is 0 Å². The largest absolute Gasteiger partial charge is 0.547 e. The molecule has 2 saturated heterocycles. The normalized spacial score (nSPS) is 44.1. The van der Waals surface area contributed by atoms with Crippen molar-refractivity contribution in [1.29, 1.82) is 0 Å². The van der Waals surface area contributed by atoms with Gasteiger partial charge in [0, 0.05) is 14.0 Å². The van der Waals surface area contributed by atoms with E-state index in [-0.39, 0.29) is 0 Å². The average molecular weight is 408 g/mol. The Labute approximate surface area is 160 Å². The molecule has 28 heavy (non-hydrogen) atoms. The Hall–Kier alpha value is -1.38. The highest BCUT2D eigenvalue weighted by Crippen LogP contribution is 2.29. The molecule has 0 radical (unpaired) electrons. The van der Waals surface area contributed by atoms with Crippen molar-refractivity contribution in [3.05, 3.63) is 0 Å². The summed E-state index contributed by atoms with van der Waals surface area (Å²) in [5.74, 6) is -2.15. The van der Waals surface area contributed by atoms with E-state index in [0.29, 0.717) is 0 Å². The molecule has 4 unspecified atom stereocenters. The lowest BCUT2D eigenvalue weighted by Crippen LogP contribution is -2.68. The quantitative estimate of drug-likeness (QED) is 0.284. The van der Waals surface area contributed by atoms with Crippen LogP contribution in [0.4, 0.5) is 0 Å². The number of carboxylic acid groups (broad SMARTS) is 1. The number of hydrogen-bond acceptors (Lipinski definition) is 11. The van der Waals surface area contributed by atoms with Crippen molar-refractivity contribution in [2.75, 3.05) is 13.7 Å². The lowest BCUT2D eigenvalue weighted by molar-refractivity contribution is -0.361. The Morgan fingerprint density at radius 3 is 2.25 bits per heavy atom. The number of carboxylic acids is 1. The molecule has 162 valence electrons. The standard InChI is InChI=1S/C16H27NO11/c1-5-8(17-6(2)19)12(9(20)7(4-18)26-5)27-16-11(22)10(21)13(25-3)14(28-16)15(23)24/h5,7-14,16,18,20-22H,4H2,1-3H3,(H,17,19)(H,23,24)/p-1/t5-,7?,8+,9+,10?,11-,12?,13-,14?,16+/m0/s1. The van der Waals surface area contributed by atoms with Gasteiger partial charge in [0.05, 0.1) is 24.7 Å². The van der Waals surface area contributed by atoms with Crippen molar-refractivity contribution in [1.82, 2.24) is 5.32 Å². The Bertz CT molecular complexity index is 561. The zero-order chi connectivity index (χ0) is 21.2. The van der Waals surface area contributed by atoms with Crippen LogP contribution in [-0.2, 0) is 28.5 Å². The lowest BCUT2D eigenvalue weighted by atomic mass is 9.92. The van der Waals surface area contributed by atoms with E-state index in [1.807, 2.05) is 0 Å². The second-order valence-electron chi connectivity index (χ2n) is 6.81. The molecule has 12 heteroatoms. The van der Waals surface area contributed by atoms with Gasteiger partial charge in [-0.05, 0) is 6.92 Å². The predicted octanol–water partition coefficient (Wildman–Crippen LogP) is -4.77. The van der Waals surface area contributed by atoms with Crippen molar-refractivity contribution in [2.45, 2.75) is 75.0 Å². The molecule has 5 N–H and O–H groups in total. The monoisotopic (exact) mass is 408 g/mol. The fourth-order valence-electron chi connectivity index (χ4n) is 3.44. The molecule has 0 aromatic carbocycles. The molecule has 0 aromatic rings. The summed E-state index contributed by atoms with van der Waals surface area (Å²) in [4.78, 5) is 22.8. The maximum atomic E-state index is 11.5. The molecule has 2 fully saturated rings. The van der Waals surface area contributed by atoms with E-state index >= 15 is 0 Å². The smallest absolute Gasteiger partial charge is 0.217 e. The first-order valence-electron chi connectivity index (χ1n) is 8.74. The third-order valence-electron chi connectivity index (χ3n) is 4.86. The van der Waals surface area contributed by atoms with Crippen LogP contribution in [-0.4, -0.2) is 107 Å². The number of rotatable bonds is 6. The van der Waals surface area contributed by atoms with Crippen LogP contribution in [0.15, 0.2) is 0 Å². The van der Waals surface area contributed by atoms with Crippen LogP contribution in [0, 0.1) is 0 Å². The van der Waals surface area contributed by atoms with Gasteiger partial charge in [-0.25, -0.2) is 0 Å². The fourth-order valence-corrected chi connectivity index (χ4v) is 3.44. The summed E-state index contributed by atoms with van der Waals surface area (Å²) in [5, 5.41) is 54.2. The van der Waals surface area contributed by atoms with Gasteiger partial charge in [-0.3, -0.25) is 4.79 Å². The number of carbonyl (C=O) groups excluding carboxylic acids is 2. The number of hydrogen-bond donors (Lipinski definition) is 5. The molecule has 2 aliphatic heterocycles. The first kappa shape index (κ1) is 22.9. The van der Waals surface area contributed by atoms with Crippen LogP contribution in [0.3, 0.4) is 0 Å². The molecule has 2 rings (SSSR count). The van der Waals surface area contributed by atoms with E-state index in [4.69, 9.17) is 18.9 Å². The minimum atomic E-state index is -1.75. The van der Waals surface area contributed by atoms with E-state index in [1.165, 1.54) is 6.92 Å². The molecule has 2 heterocycles. The summed E-state index contributed by atoms with van der Waals surface area (Å²) in [6, 6.07) is -0.912. The Morgan fingerprint density at radius 2 is 1.75 bits per heavy atom. The van der Waals surface area contributed by atoms with Crippen molar-refractivity contribution in [3.63, 3.8) is 0 Å². The van der Waals surface area contributed by atoms with Gasteiger partial charge in [-0.15, -0.1) is 0 Å². The van der Waals surface area contributed by atoms with Crippen LogP contribution >= 0.6 is 0 Å². The van der Waals surface area contributed by atoms with Gasteiger partial charge in [0.2, 0.25) is 5.91 Å². The van der Waals surface area contributed by atoms with E-state index in [0.717, 1.165) is 7.11 Å². The summed E-state index contributed by atoms with van der Waals surface area (Å²) in [5.41, 5.74) is 0. The van der Waals surface area contributed by atoms with Gasteiger partial charge in [-0.2, -0.15) is 0 Å². The van der Waals surface area contributed by atoms with Gasteiger partial charge in [0.25, 0.3) is 0 Å². The Kier molecular flexibility index (Phi) is 7.70. The first-order chi connectivity index (χ1) is 13.1. The molecule has 2 aliphatic rings. The molecule has 0 aromatic heterocycles. The van der Waals surface area contributed by atoms with E-state index < -0.39 is 79.6 Å². The Morgan fingerprint density at radius 1 is 1.11 bits per heavy atom. The van der Waals surface area contributed by atoms with E-state index in [1.54, 1.807) is 6.92 Å². The molecular formula is C16H26NO11-. The first-order valence-corrected chi connectivity index (χ1v) is 8.74. The number of aliphatic carboxylic acids is 1. The van der Waals surface area contributed by atoms with Crippen LogP contribution in [0.5, 0.6) is 0 Å². The van der Waals surface area contributed by atoms with Crippen molar-refractivity contribution in [2.24, 2.45) is 0 Å². The van der Waals surface area contributed by atoms with Gasteiger partial charge >= 0.3 is 0 Å². The van der Waals surface area contributed by atoms with Crippen molar-refractivity contribution < 1.29 is 54.1 Å². The summed E-state index contributed by atoms with van der Waals surface area (Å²) in [7, 11) is 1.13. The average Bonchev–Trinajstić information content (AvgIpc) is 2.63. The fraction of sp³-hybridized carbons (Fsp3) is 0.875. The minimum absolute atomic E-state index is 0.457. The number of methoxy groups -OCH3 is 1. The van der Waals surface area contributed by atoms with Gasteiger partial charge in [0.15, 0.2) is 6.29 Å². The zero-order valence-corrected chi connectivity index (χ0v) is 15.6. The van der Waals surface area contributed by atoms with Gasteiger partial charge < -0.3 is 54.6 Å². The number of amides is 1. The molecule has 0 bridgehead atoms. The summed E-state index contributed by atoms with van der Waals surface area (Å²) < 4.78 is 21.1. The van der Waals surface area contributed by atoms with Crippen molar-refractivity contribution >= 4 is 11.9 Å². The molecule has 0 spiro atoms. The minimum Gasteiger partial charge on any atom is -0.547 e. The number of nitrogens with one attached hydrogen (secondary N) is 1. The maximum Gasteiger partial charge on any atom is 0.217 e. The topological polar surface area (TPSA) is 187 Å². The van der Waals surface area contributed by atoms with Crippen LogP contribution in [0.1, 0.15) is 13.8 Å². The number of carbonyl (C=O) groups is 2. The third kappa shape index (κ3) is 4.60. The van der Waals surface area contributed by atoms with E-state index in [2.05, 4.69) is 5.32 Å². The SMILES string of the molecule is CO[C@@H]1C(C(=O)[O-])O[C@@H](OC2[C@H](O)C(CO)O[C@@H](C)[C@H]2NC(C)=O)[C@@H](O)C1O. The molecule has 1 amide bonds. The third-order valence-corrected chi connectivity index (χ3v) is 4.86. The second-order valence-corrected chi connectivity index (χ2v) is 6.81. The highest BCUT2D eigenvalue weighted by atomic mass is 16.7. The van der Waals surface area contributed by atoms with Crippen LogP contribution in [0.2, 0.25) is 0 Å². The molecule has 12 nitrogen and oxygen atoms in total. The predicted molar refractivity (Wildman–Crippen MR) is 86.4 cm³/mol. The number of aliphatic hydroxyl groups excluding tert-OH is 4. The number of ether oxygens (including phenoxy) is 4. The van der Waals surface area contributed by atoms with Gasteiger partial charge in [0.1, 0.15) is 42.7 Å². The lowest BCUT2D eigenvalue weighted by Gasteiger charge is -2.47. The summed E-state index contributed by atoms with van der Waals surface area (Å²) >= 11 is 0. The summed E-state index contributed by atoms with van der Waals surface area (Å²) in [6.07, 6.45) is -12.7. The maximum absolute atomic E-state index is 11.5. The molecule has 0 aliphatic carbocycles.